The van der Waals surface area contributed by atoms with Gasteiger partial charge in [-0.25, -0.2) is 0 Å². The lowest BCUT2D eigenvalue weighted by Crippen LogP contribution is -2.46. The van der Waals surface area contributed by atoms with Crippen LogP contribution in [0.3, 0.4) is 0 Å². The summed E-state index contributed by atoms with van der Waals surface area (Å²) >= 11 is 1.64. The van der Waals surface area contributed by atoms with Crippen molar-refractivity contribution in [2.24, 2.45) is 0 Å². The summed E-state index contributed by atoms with van der Waals surface area (Å²) in [7, 11) is 3.47. The number of allylic oxidation sites excluding steroid dienone is 1. The molecule has 4 nitrogen and oxygen atoms in total. The van der Waals surface area contributed by atoms with E-state index in [1.807, 2.05) is 42.5 Å². The van der Waals surface area contributed by atoms with Crippen LogP contribution in [-0.4, -0.2) is 53.4 Å². The summed E-state index contributed by atoms with van der Waals surface area (Å²) in [6, 6.07) is 9.72. The summed E-state index contributed by atoms with van der Waals surface area (Å²) in [5.74, 6) is 1.38. The Morgan fingerprint density at radius 2 is 2.05 bits per heavy atom. The zero-order valence-corrected chi connectivity index (χ0v) is 13.9. The fourth-order valence-corrected chi connectivity index (χ4v) is 3.50. The molecule has 2 rings (SSSR count). The summed E-state index contributed by atoms with van der Waals surface area (Å²) < 4.78 is 0. The zero-order chi connectivity index (χ0) is 15.9. The molecule has 1 saturated heterocycles. The number of benzene rings is 1. The van der Waals surface area contributed by atoms with Crippen molar-refractivity contribution in [3.8, 4) is 0 Å². The quantitative estimate of drug-likeness (QED) is 0.837. The Labute approximate surface area is 136 Å². The smallest absolute Gasteiger partial charge is 0.245 e. The maximum atomic E-state index is 12.3. The Morgan fingerprint density at radius 3 is 2.73 bits per heavy atom. The fraction of sp³-hybridized carbons (Fsp3) is 0.412. The average Bonchev–Trinajstić information content (AvgIpc) is 3.01. The first-order valence-corrected chi connectivity index (χ1v) is 8.55. The van der Waals surface area contributed by atoms with E-state index < -0.39 is 0 Å². The van der Waals surface area contributed by atoms with Crippen molar-refractivity contribution in [3.63, 3.8) is 0 Å². The second-order valence-corrected chi connectivity index (χ2v) is 6.46. The van der Waals surface area contributed by atoms with Crippen LogP contribution in [0.1, 0.15) is 18.4 Å². The molecule has 22 heavy (non-hydrogen) atoms. The van der Waals surface area contributed by atoms with Gasteiger partial charge in [-0.2, -0.15) is 0 Å². The lowest BCUT2D eigenvalue weighted by molar-refractivity contribution is -0.141. The van der Waals surface area contributed by atoms with Crippen LogP contribution in [0.2, 0.25) is 0 Å². The normalized spacial score (nSPS) is 17.9. The molecule has 0 saturated carbocycles. The van der Waals surface area contributed by atoms with E-state index in [1.54, 1.807) is 35.7 Å². The van der Waals surface area contributed by atoms with Crippen LogP contribution in [0.5, 0.6) is 0 Å². The summed E-state index contributed by atoms with van der Waals surface area (Å²) in [6.07, 6.45) is 5.17. The van der Waals surface area contributed by atoms with Crippen molar-refractivity contribution in [2.75, 3.05) is 25.7 Å². The van der Waals surface area contributed by atoms with E-state index in [0.29, 0.717) is 24.5 Å². The summed E-state index contributed by atoms with van der Waals surface area (Å²) in [5, 5.41) is 0. The van der Waals surface area contributed by atoms with Gasteiger partial charge in [0.15, 0.2) is 0 Å². The van der Waals surface area contributed by atoms with Crippen molar-refractivity contribution in [1.29, 1.82) is 0 Å². The molecule has 118 valence electrons. The standard InChI is InChI=1S/C17H22N2O2S/c1-18(2)17(21)15-12-22-13-19(15)16(20)11-7-6-10-14-8-4-3-5-9-14/h3-6,8-10,15H,7,11-13H2,1-2H3/b10-6+/t15-/m1/s1. The molecule has 2 amide bonds. The summed E-state index contributed by atoms with van der Waals surface area (Å²) in [5.41, 5.74) is 1.13. The van der Waals surface area contributed by atoms with Gasteiger partial charge >= 0.3 is 0 Å². The zero-order valence-electron chi connectivity index (χ0n) is 13.1. The molecule has 1 heterocycles. The van der Waals surface area contributed by atoms with Crippen molar-refractivity contribution < 1.29 is 9.59 Å². The third kappa shape index (κ3) is 4.37. The number of rotatable bonds is 5. The van der Waals surface area contributed by atoms with E-state index in [2.05, 4.69) is 0 Å². The van der Waals surface area contributed by atoms with Crippen LogP contribution in [0.4, 0.5) is 0 Å². The third-order valence-electron chi connectivity index (χ3n) is 3.56. The Hall–Kier alpha value is -1.75. The van der Waals surface area contributed by atoms with Crippen LogP contribution in [0.15, 0.2) is 36.4 Å². The highest BCUT2D eigenvalue weighted by Crippen LogP contribution is 2.23. The molecule has 1 aromatic rings. The predicted molar refractivity (Wildman–Crippen MR) is 91.4 cm³/mol. The maximum Gasteiger partial charge on any atom is 0.245 e. The SMILES string of the molecule is CN(C)C(=O)[C@H]1CSCN1C(=O)CC/C=C/c1ccccc1. The maximum absolute atomic E-state index is 12.3. The van der Waals surface area contributed by atoms with Gasteiger partial charge in [0.25, 0.3) is 0 Å². The second-order valence-electron chi connectivity index (χ2n) is 5.46. The van der Waals surface area contributed by atoms with Gasteiger partial charge in [-0.1, -0.05) is 42.5 Å². The molecule has 5 heteroatoms. The van der Waals surface area contributed by atoms with Gasteiger partial charge in [-0.15, -0.1) is 11.8 Å². The lowest BCUT2D eigenvalue weighted by atomic mass is 10.1. The number of hydrogen-bond acceptors (Lipinski definition) is 3. The van der Waals surface area contributed by atoms with E-state index in [4.69, 9.17) is 0 Å². The third-order valence-corrected chi connectivity index (χ3v) is 4.58. The number of carbonyl (C=O) groups is 2. The van der Waals surface area contributed by atoms with Crippen molar-refractivity contribution in [3.05, 3.63) is 42.0 Å². The minimum absolute atomic E-state index is 0.0122. The largest absolute Gasteiger partial charge is 0.347 e. The minimum Gasteiger partial charge on any atom is -0.347 e. The first kappa shape index (κ1) is 16.6. The van der Waals surface area contributed by atoms with E-state index in [0.717, 1.165) is 5.56 Å². The van der Waals surface area contributed by atoms with E-state index in [1.165, 1.54) is 0 Å². The predicted octanol–water partition coefficient (Wildman–Crippen LogP) is 2.47. The van der Waals surface area contributed by atoms with E-state index in [9.17, 15) is 9.59 Å². The topological polar surface area (TPSA) is 40.6 Å². The monoisotopic (exact) mass is 318 g/mol. The molecule has 0 N–H and O–H groups in total. The molecular formula is C17H22N2O2S. The van der Waals surface area contributed by atoms with Gasteiger partial charge in [0.05, 0.1) is 5.88 Å². The van der Waals surface area contributed by atoms with Crippen LogP contribution >= 0.6 is 11.8 Å². The van der Waals surface area contributed by atoms with Gasteiger partial charge in [-0.3, -0.25) is 9.59 Å². The molecule has 0 spiro atoms. The van der Waals surface area contributed by atoms with Gasteiger partial charge in [0.1, 0.15) is 6.04 Å². The highest BCUT2D eigenvalue weighted by Gasteiger charge is 2.34. The van der Waals surface area contributed by atoms with Crippen molar-refractivity contribution in [2.45, 2.75) is 18.9 Å². The second kappa shape index (κ2) is 8.03. The molecule has 0 bridgehead atoms. The molecule has 0 radical (unpaired) electrons. The number of amides is 2. The molecule has 1 aromatic carbocycles. The Morgan fingerprint density at radius 1 is 1.32 bits per heavy atom. The molecule has 0 aromatic heterocycles. The first-order valence-electron chi connectivity index (χ1n) is 7.39. The fourth-order valence-electron chi connectivity index (χ4n) is 2.33. The first-order chi connectivity index (χ1) is 10.6. The number of hydrogen-bond donors (Lipinski definition) is 0. The number of nitrogens with zero attached hydrogens (tertiary/aromatic N) is 2. The Bertz CT molecular complexity index is 543. The number of likely N-dealkylation sites (N-methyl/N-ethyl adjacent to an activating group) is 1. The Balaban J connectivity index is 1.84. The number of carbonyl (C=O) groups excluding carboxylic acids is 2. The lowest BCUT2D eigenvalue weighted by Gasteiger charge is -2.25. The van der Waals surface area contributed by atoms with Gasteiger partial charge in [-0.05, 0) is 12.0 Å². The Kier molecular flexibility index (Phi) is 6.07. The van der Waals surface area contributed by atoms with Crippen LogP contribution in [0, 0.1) is 0 Å². The van der Waals surface area contributed by atoms with Gasteiger partial charge in [0, 0.05) is 26.3 Å². The van der Waals surface area contributed by atoms with Crippen LogP contribution in [-0.2, 0) is 9.59 Å². The van der Waals surface area contributed by atoms with E-state index >= 15 is 0 Å². The van der Waals surface area contributed by atoms with Crippen molar-refractivity contribution >= 4 is 29.7 Å². The molecule has 1 fully saturated rings. The summed E-state index contributed by atoms with van der Waals surface area (Å²) in [6.45, 7) is 0. The van der Waals surface area contributed by atoms with Crippen molar-refractivity contribution in [1.82, 2.24) is 9.80 Å². The molecule has 1 atom stereocenters. The van der Waals surface area contributed by atoms with Crippen LogP contribution in [0.25, 0.3) is 6.08 Å². The molecule has 0 aliphatic carbocycles. The molecule has 0 unspecified atom stereocenters. The van der Waals surface area contributed by atoms with Gasteiger partial charge < -0.3 is 9.80 Å². The minimum atomic E-state index is -0.300. The summed E-state index contributed by atoms with van der Waals surface area (Å²) in [4.78, 5) is 27.7. The average molecular weight is 318 g/mol. The number of thioether (sulfide) groups is 1. The highest BCUT2D eigenvalue weighted by atomic mass is 32.2. The van der Waals surface area contributed by atoms with Crippen LogP contribution < -0.4 is 0 Å². The highest BCUT2D eigenvalue weighted by molar-refractivity contribution is 7.99. The molecule has 1 aliphatic rings. The van der Waals surface area contributed by atoms with Gasteiger partial charge in [0.2, 0.25) is 11.8 Å². The molecule has 1 aliphatic heterocycles. The van der Waals surface area contributed by atoms with E-state index in [-0.39, 0.29) is 17.9 Å². The molecular weight excluding hydrogens is 296 g/mol.